The van der Waals surface area contributed by atoms with E-state index in [0.29, 0.717) is 11.3 Å². The van der Waals surface area contributed by atoms with Crippen LogP contribution in [0.15, 0.2) is 67.1 Å². The second-order valence-corrected chi connectivity index (χ2v) is 6.35. The van der Waals surface area contributed by atoms with Crippen molar-refractivity contribution in [3.63, 3.8) is 0 Å². The van der Waals surface area contributed by atoms with Gasteiger partial charge in [0, 0.05) is 18.0 Å². The third kappa shape index (κ3) is 5.78. The number of alkyl halides is 3. The summed E-state index contributed by atoms with van der Waals surface area (Å²) in [4.78, 5) is 20.8. The quantitative estimate of drug-likeness (QED) is 0.657. The number of nitrogens with one attached hydrogen (secondary N) is 1. The third-order valence-corrected chi connectivity index (χ3v) is 4.06. The van der Waals surface area contributed by atoms with Crippen molar-refractivity contribution < 1.29 is 22.7 Å². The minimum Gasteiger partial charge on any atom is -0.483 e. The molecule has 0 spiro atoms. The maximum Gasteiger partial charge on any atom is 0.422 e. The van der Waals surface area contributed by atoms with Crippen LogP contribution in [0.5, 0.6) is 5.75 Å². The first-order valence-corrected chi connectivity index (χ1v) is 8.79. The molecule has 1 N–H and O–H groups in total. The molecule has 1 atom stereocenters. The zero-order valence-corrected chi connectivity index (χ0v) is 15.5. The Bertz CT molecular complexity index is 961. The van der Waals surface area contributed by atoms with Gasteiger partial charge in [0.05, 0.1) is 23.5 Å². The zero-order chi connectivity index (χ0) is 20.9. The molecule has 5 nitrogen and oxygen atoms in total. The lowest BCUT2D eigenvalue weighted by atomic mass is 10.1. The number of ether oxygens (including phenoxy) is 1. The molecule has 0 fully saturated rings. The maximum atomic E-state index is 12.6. The van der Waals surface area contributed by atoms with Crippen LogP contribution in [0.4, 0.5) is 13.2 Å². The van der Waals surface area contributed by atoms with Crippen LogP contribution in [-0.4, -0.2) is 28.7 Å². The average molecular weight is 401 g/mol. The van der Waals surface area contributed by atoms with E-state index >= 15 is 0 Å². The summed E-state index contributed by atoms with van der Waals surface area (Å²) in [5.41, 5.74) is 2.64. The lowest BCUT2D eigenvalue weighted by molar-refractivity contribution is -0.153. The molecule has 0 saturated heterocycles. The first-order valence-electron chi connectivity index (χ1n) is 8.79. The summed E-state index contributed by atoms with van der Waals surface area (Å²) in [5, 5.41) is 2.80. The predicted molar refractivity (Wildman–Crippen MR) is 101 cm³/mol. The van der Waals surface area contributed by atoms with E-state index in [9.17, 15) is 18.0 Å². The number of rotatable bonds is 6. The van der Waals surface area contributed by atoms with Gasteiger partial charge in [-0.15, -0.1) is 0 Å². The van der Waals surface area contributed by atoms with Crippen LogP contribution in [0.25, 0.3) is 11.1 Å². The largest absolute Gasteiger partial charge is 0.483 e. The Morgan fingerprint density at radius 1 is 1.07 bits per heavy atom. The lowest BCUT2D eigenvalue weighted by Crippen LogP contribution is -2.27. The molecular formula is C21H18F3N3O2. The van der Waals surface area contributed by atoms with E-state index in [1.165, 1.54) is 24.5 Å². The Labute approximate surface area is 165 Å². The number of nitrogens with zero attached hydrogens (tertiary/aromatic N) is 2. The molecule has 0 aliphatic heterocycles. The molecule has 0 aliphatic carbocycles. The minimum absolute atomic E-state index is 0.00404. The highest BCUT2D eigenvalue weighted by Crippen LogP contribution is 2.21. The van der Waals surface area contributed by atoms with E-state index in [0.717, 1.165) is 11.1 Å². The molecule has 1 aromatic carbocycles. The van der Waals surface area contributed by atoms with Gasteiger partial charge < -0.3 is 10.1 Å². The van der Waals surface area contributed by atoms with E-state index < -0.39 is 18.8 Å². The van der Waals surface area contributed by atoms with Gasteiger partial charge in [0.2, 0.25) is 0 Å². The van der Waals surface area contributed by atoms with Gasteiger partial charge in [-0.3, -0.25) is 14.8 Å². The van der Waals surface area contributed by atoms with Gasteiger partial charge in [-0.05, 0) is 30.7 Å². The number of hydrogen-bond acceptors (Lipinski definition) is 4. The fourth-order valence-corrected chi connectivity index (χ4v) is 2.60. The molecule has 0 aliphatic rings. The third-order valence-electron chi connectivity index (χ3n) is 4.06. The van der Waals surface area contributed by atoms with Crippen LogP contribution in [-0.2, 0) is 0 Å². The average Bonchev–Trinajstić information content (AvgIpc) is 2.73. The van der Waals surface area contributed by atoms with Crippen molar-refractivity contribution in [1.29, 1.82) is 0 Å². The SMILES string of the molecule is C[C@@H](NC(=O)c1cncc(-c2ccccc2)c1)c1ccc(OCC(F)(F)F)cn1. The number of benzene rings is 1. The summed E-state index contributed by atoms with van der Waals surface area (Å²) >= 11 is 0. The van der Waals surface area contributed by atoms with Crippen molar-refractivity contribution in [1.82, 2.24) is 15.3 Å². The van der Waals surface area contributed by atoms with Crippen LogP contribution >= 0.6 is 0 Å². The van der Waals surface area contributed by atoms with E-state index in [1.807, 2.05) is 30.3 Å². The van der Waals surface area contributed by atoms with Crippen molar-refractivity contribution in [2.75, 3.05) is 6.61 Å². The highest BCUT2D eigenvalue weighted by Gasteiger charge is 2.28. The summed E-state index contributed by atoms with van der Waals surface area (Å²) in [6.45, 7) is 0.343. The molecule has 0 saturated carbocycles. The van der Waals surface area contributed by atoms with Gasteiger partial charge in [0.25, 0.3) is 5.91 Å². The number of halogens is 3. The van der Waals surface area contributed by atoms with Gasteiger partial charge >= 0.3 is 6.18 Å². The topological polar surface area (TPSA) is 64.1 Å². The van der Waals surface area contributed by atoms with Crippen LogP contribution in [0.3, 0.4) is 0 Å². The monoisotopic (exact) mass is 401 g/mol. The van der Waals surface area contributed by atoms with Crippen LogP contribution in [0.2, 0.25) is 0 Å². The molecular weight excluding hydrogens is 383 g/mol. The number of carbonyl (C=O) groups excluding carboxylic acids is 1. The maximum absolute atomic E-state index is 12.6. The second kappa shape index (κ2) is 8.72. The molecule has 2 aromatic heterocycles. The van der Waals surface area contributed by atoms with Crippen LogP contribution < -0.4 is 10.1 Å². The first kappa shape index (κ1) is 20.3. The number of pyridine rings is 2. The second-order valence-electron chi connectivity index (χ2n) is 6.35. The highest BCUT2D eigenvalue weighted by atomic mass is 19.4. The van der Waals surface area contributed by atoms with Gasteiger partial charge in [0.1, 0.15) is 5.75 Å². The van der Waals surface area contributed by atoms with E-state index in [-0.39, 0.29) is 11.7 Å². The van der Waals surface area contributed by atoms with E-state index in [4.69, 9.17) is 0 Å². The summed E-state index contributed by atoms with van der Waals surface area (Å²) in [6.07, 6.45) is -0.0731. The fraction of sp³-hybridized carbons (Fsp3) is 0.190. The molecule has 3 rings (SSSR count). The van der Waals surface area contributed by atoms with Gasteiger partial charge in [-0.25, -0.2) is 0 Å². The van der Waals surface area contributed by atoms with Crippen molar-refractivity contribution in [3.05, 3.63) is 78.4 Å². The lowest BCUT2D eigenvalue weighted by Gasteiger charge is -2.15. The summed E-state index contributed by atoms with van der Waals surface area (Å²) in [5.74, 6) is -0.327. The first-order chi connectivity index (χ1) is 13.8. The number of carbonyl (C=O) groups is 1. The molecule has 1 amide bonds. The molecule has 3 aromatic rings. The summed E-state index contributed by atoms with van der Waals surface area (Å²) in [7, 11) is 0. The number of aromatic nitrogens is 2. The Hall–Kier alpha value is -3.42. The summed E-state index contributed by atoms with van der Waals surface area (Å²) < 4.78 is 41.2. The van der Waals surface area contributed by atoms with Gasteiger partial charge in [0.15, 0.2) is 6.61 Å². The molecule has 0 bridgehead atoms. The van der Waals surface area contributed by atoms with Crippen LogP contribution in [0.1, 0.15) is 29.0 Å². The van der Waals surface area contributed by atoms with Crippen LogP contribution in [0, 0.1) is 0 Å². The molecule has 150 valence electrons. The molecule has 2 heterocycles. The van der Waals surface area contributed by atoms with Gasteiger partial charge in [-0.1, -0.05) is 30.3 Å². The van der Waals surface area contributed by atoms with Gasteiger partial charge in [-0.2, -0.15) is 13.2 Å². The predicted octanol–water partition coefficient (Wildman–Crippen LogP) is 4.58. The normalized spacial score (nSPS) is 12.3. The van der Waals surface area contributed by atoms with Crippen molar-refractivity contribution in [3.8, 4) is 16.9 Å². The van der Waals surface area contributed by atoms with Crippen molar-refractivity contribution in [2.24, 2.45) is 0 Å². The standard InChI is InChI=1S/C21H18F3N3O2/c1-14(19-8-7-18(12-26-19)29-13-21(22,23)24)27-20(28)17-9-16(10-25-11-17)15-5-3-2-4-6-15/h2-12,14H,13H2,1H3,(H,27,28)/t14-/m1/s1. The fourth-order valence-electron chi connectivity index (χ4n) is 2.60. The molecule has 29 heavy (non-hydrogen) atoms. The Kier molecular flexibility index (Phi) is 6.11. The molecule has 8 heteroatoms. The number of amides is 1. The molecule has 0 unspecified atom stereocenters. The Balaban J connectivity index is 1.65. The van der Waals surface area contributed by atoms with Crippen molar-refractivity contribution >= 4 is 5.91 Å². The van der Waals surface area contributed by atoms with E-state index in [2.05, 4.69) is 20.0 Å². The zero-order valence-electron chi connectivity index (χ0n) is 15.5. The Morgan fingerprint density at radius 2 is 1.83 bits per heavy atom. The smallest absolute Gasteiger partial charge is 0.422 e. The van der Waals surface area contributed by atoms with E-state index in [1.54, 1.807) is 19.2 Å². The highest BCUT2D eigenvalue weighted by molar-refractivity contribution is 5.95. The summed E-state index contributed by atoms with van der Waals surface area (Å²) in [6, 6.07) is 13.7. The van der Waals surface area contributed by atoms with Crippen molar-refractivity contribution in [2.45, 2.75) is 19.1 Å². The molecule has 0 radical (unpaired) electrons. The number of hydrogen-bond donors (Lipinski definition) is 1. The minimum atomic E-state index is -4.41. The Morgan fingerprint density at radius 3 is 2.48 bits per heavy atom.